The smallest absolute Gasteiger partial charge is 0.208 e. The van der Waals surface area contributed by atoms with Crippen LogP contribution in [-0.2, 0) is 6.54 Å². The highest BCUT2D eigenvalue weighted by Crippen LogP contribution is 2.27. The summed E-state index contributed by atoms with van der Waals surface area (Å²) in [4.78, 5) is 4.29. The summed E-state index contributed by atoms with van der Waals surface area (Å²) >= 11 is 0. The molecule has 0 aliphatic rings. The summed E-state index contributed by atoms with van der Waals surface area (Å²) in [6.45, 7) is 6.08. The maximum absolute atomic E-state index is 13.9. The van der Waals surface area contributed by atoms with Crippen LogP contribution in [-0.4, -0.2) is 12.1 Å². The number of hydrogen-bond acceptors (Lipinski definition) is 4. The zero-order valence-electron chi connectivity index (χ0n) is 12.2. The minimum atomic E-state index is -0.288. The number of hydrogen-bond donors (Lipinski definition) is 1. The van der Waals surface area contributed by atoms with Crippen LogP contribution in [0.1, 0.15) is 35.9 Å². The first-order valence-corrected chi connectivity index (χ1v) is 6.51. The van der Waals surface area contributed by atoms with Gasteiger partial charge in [-0.2, -0.15) is 0 Å². The minimum Gasteiger partial charge on any atom is -0.496 e. The highest BCUT2D eigenvalue weighted by Gasteiger charge is 2.17. The normalized spacial score (nSPS) is 12.4. The fourth-order valence-electron chi connectivity index (χ4n) is 2.07. The van der Waals surface area contributed by atoms with Gasteiger partial charge in [-0.15, -0.1) is 0 Å². The van der Waals surface area contributed by atoms with Gasteiger partial charge in [0.05, 0.1) is 19.3 Å². The lowest BCUT2D eigenvalue weighted by Crippen LogP contribution is -2.20. The first kappa shape index (κ1) is 14.5. The Kier molecular flexibility index (Phi) is 4.39. The van der Waals surface area contributed by atoms with Crippen molar-refractivity contribution in [3.8, 4) is 5.75 Å². The Bertz CT molecular complexity index is 576. The van der Waals surface area contributed by atoms with Crippen molar-refractivity contribution in [2.45, 2.75) is 33.4 Å². The summed E-state index contributed by atoms with van der Waals surface area (Å²) in [7, 11) is 1.53. The molecular formula is C15H19FN2O2. The van der Waals surface area contributed by atoms with Crippen molar-refractivity contribution in [2.24, 2.45) is 0 Å². The first-order chi connectivity index (χ1) is 9.52. The molecule has 0 aliphatic heterocycles. The molecule has 5 heteroatoms. The fourth-order valence-corrected chi connectivity index (χ4v) is 2.07. The van der Waals surface area contributed by atoms with E-state index in [4.69, 9.17) is 9.15 Å². The van der Waals surface area contributed by atoms with Crippen molar-refractivity contribution in [1.82, 2.24) is 10.3 Å². The van der Waals surface area contributed by atoms with Gasteiger partial charge < -0.3 is 14.5 Å². The Balaban J connectivity index is 2.10. The Morgan fingerprint density at radius 2 is 2.15 bits per heavy atom. The zero-order valence-corrected chi connectivity index (χ0v) is 12.2. The number of rotatable bonds is 5. The molecule has 1 atom stereocenters. The molecule has 0 amide bonds. The molecule has 0 bridgehead atoms. The summed E-state index contributed by atoms with van der Waals surface area (Å²) in [6, 6.07) is 4.59. The van der Waals surface area contributed by atoms with E-state index in [2.05, 4.69) is 10.3 Å². The second-order valence-electron chi connectivity index (χ2n) is 4.71. The van der Waals surface area contributed by atoms with Crippen LogP contribution in [0.3, 0.4) is 0 Å². The standard InChI is InChI=1S/C15H19FN2O2/c1-9-11(3)20-14(18-9)8-17-10(2)15-12(16)6-5-7-13(15)19-4/h5-7,10,17H,8H2,1-4H3/t10-/m1/s1. The van der Waals surface area contributed by atoms with E-state index in [0.717, 1.165) is 11.5 Å². The number of aromatic nitrogens is 1. The summed E-state index contributed by atoms with van der Waals surface area (Å²) in [5.74, 6) is 1.65. The first-order valence-electron chi connectivity index (χ1n) is 6.51. The van der Waals surface area contributed by atoms with Crippen molar-refractivity contribution in [1.29, 1.82) is 0 Å². The molecule has 0 radical (unpaired) electrons. The Labute approximate surface area is 118 Å². The van der Waals surface area contributed by atoms with Crippen LogP contribution in [0, 0.1) is 19.7 Å². The number of oxazole rings is 1. The third-order valence-corrected chi connectivity index (χ3v) is 3.30. The van der Waals surface area contributed by atoms with Gasteiger partial charge in [-0.3, -0.25) is 0 Å². The molecule has 4 nitrogen and oxygen atoms in total. The second kappa shape index (κ2) is 6.05. The minimum absolute atomic E-state index is 0.210. The van der Waals surface area contributed by atoms with Crippen LogP contribution in [0.4, 0.5) is 4.39 Å². The van der Waals surface area contributed by atoms with Gasteiger partial charge in [0.1, 0.15) is 17.3 Å². The SMILES string of the molecule is COc1cccc(F)c1[C@@H](C)NCc1nc(C)c(C)o1. The summed E-state index contributed by atoms with van der Waals surface area (Å²) in [5, 5.41) is 3.20. The number of nitrogens with one attached hydrogen (secondary N) is 1. The molecule has 0 saturated heterocycles. The largest absolute Gasteiger partial charge is 0.496 e. The van der Waals surface area contributed by atoms with E-state index in [-0.39, 0.29) is 11.9 Å². The van der Waals surface area contributed by atoms with Crippen molar-refractivity contribution in [2.75, 3.05) is 7.11 Å². The van der Waals surface area contributed by atoms with Crippen molar-refractivity contribution in [3.05, 3.63) is 46.9 Å². The number of ether oxygens (including phenoxy) is 1. The van der Waals surface area contributed by atoms with E-state index < -0.39 is 0 Å². The predicted molar refractivity (Wildman–Crippen MR) is 74.2 cm³/mol. The molecule has 0 spiro atoms. The van der Waals surface area contributed by atoms with E-state index in [1.165, 1.54) is 13.2 Å². The summed E-state index contributed by atoms with van der Waals surface area (Å²) in [5.41, 5.74) is 1.38. The van der Waals surface area contributed by atoms with Crippen LogP contribution in [0.5, 0.6) is 5.75 Å². The monoisotopic (exact) mass is 278 g/mol. The topological polar surface area (TPSA) is 47.3 Å². The second-order valence-corrected chi connectivity index (χ2v) is 4.71. The van der Waals surface area contributed by atoms with Gasteiger partial charge in [0.15, 0.2) is 0 Å². The molecule has 1 heterocycles. The van der Waals surface area contributed by atoms with Crippen molar-refractivity contribution >= 4 is 0 Å². The number of benzene rings is 1. The number of methoxy groups -OCH3 is 1. The maximum Gasteiger partial charge on any atom is 0.208 e. The van der Waals surface area contributed by atoms with E-state index in [0.29, 0.717) is 23.7 Å². The quantitative estimate of drug-likeness (QED) is 0.911. The lowest BCUT2D eigenvalue weighted by atomic mass is 10.1. The van der Waals surface area contributed by atoms with E-state index in [1.807, 2.05) is 20.8 Å². The zero-order chi connectivity index (χ0) is 14.7. The average Bonchev–Trinajstić information content (AvgIpc) is 2.74. The molecular weight excluding hydrogens is 259 g/mol. The summed E-state index contributed by atoms with van der Waals surface area (Å²) < 4.78 is 24.6. The molecule has 0 aliphatic carbocycles. The van der Waals surface area contributed by atoms with Gasteiger partial charge in [0, 0.05) is 11.6 Å². The molecule has 0 saturated carbocycles. The van der Waals surface area contributed by atoms with Gasteiger partial charge in [-0.1, -0.05) is 6.07 Å². The number of nitrogens with zero attached hydrogens (tertiary/aromatic N) is 1. The molecule has 108 valence electrons. The molecule has 2 aromatic rings. The molecule has 1 aromatic carbocycles. The molecule has 2 rings (SSSR count). The maximum atomic E-state index is 13.9. The number of halogens is 1. The lowest BCUT2D eigenvalue weighted by Gasteiger charge is -2.17. The van der Waals surface area contributed by atoms with Crippen LogP contribution < -0.4 is 10.1 Å². The molecule has 0 fully saturated rings. The third kappa shape index (κ3) is 2.99. The van der Waals surface area contributed by atoms with Gasteiger partial charge in [0.25, 0.3) is 0 Å². The van der Waals surface area contributed by atoms with Gasteiger partial charge in [-0.25, -0.2) is 9.37 Å². The Morgan fingerprint density at radius 3 is 2.75 bits per heavy atom. The molecule has 20 heavy (non-hydrogen) atoms. The highest BCUT2D eigenvalue weighted by molar-refractivity contribution is 5.36. The van der Waals surface area contributed by atoms with Crippen LogP contribution in [0.2, 0.25) is 0 Å². The van der Waals surface area contributed by atoms with Crippen LogP contribution in [0.15, 0.2) is 22.6 Å². The van der Waals surface area contributed by atoms with E-state index >= 15 is 0 Å². The highest BCUT2D eigenvalue weighted by atomic mass is 19.1. The predicted octanol–water partition coefficient (Wildman–Crippen LogP) is 3.29. The van der Waals surface area contributed by atoms with Gasteiger partial charge >= 0.3 is 0 Å². The summed E-state index contributed by atoms with van der Waals surface area (Å²) in [6.07, 6.45) is 0. The molecule has 1 N–H and O–H groups in total. The third-order valence-electron chi connectivity index (χ3n) is 3.30. The van der Waals surface area contributed by atoms with E-state index in [9.17, 15) is 4.39 Å². The van der Waals surface area contributed by atoms with Gasteiger partial charge in [-0.05, 0) is 32.9 Å². The molecule has 0 unspecified atom stereocenters. The van der Waals surface area contributed by atoms with E-state index in [1.54, 1.807) is 12.1 Å². The van der Waals surface area contributed by atoms with Crippen LogP contribution in [0.25, 0.3) is 0 Å². The Hall–Kier alpha value is -1.88. The van der Waals surface area contributed by atoms with Gasteiger partial charge in [0.2, 0.25) is 5.89 Å². The lowest BCUT2D eigenvalue weighted by molar-refractivity contribution is 0.386. The number of aryl methyl sites for hydroxylation is 2. The van der Waals surface area contributed by atoms with Crippen molar-refractivity contribution in [3.63, 3.8) is 0 Å². The molecule has 1 aromatic heterocycles. The van der Waals surface area contributed by atoms with Crippen LogP contribution >= 0.6 is 0 Å². The van der Waals surface area contributed by atoms with Crippen molar-refractivity contribution < 1.29 is 13.5 Å². The fraction of sp³-hybridized carbons (Fsp3) is 0.400. The Morgan fingerprint density at radius 1 is 1.40 bits per heavy atom. The average molecular weight is 278 g/mol.